The summed E-state index contributed by atoms with van der Waals surface area (Å²) in [7, 11) is -3.67. The Hall–Kier alpha value is -1.92. The van der Waals surface area contributed by atoms with Crippen LogP contribution in [0.1, 0.15) is 31.2 Å². The molecule has 5 nitrogen and oxygen atoms in total. The van der Waals surface area contributed by atoms with Crippen molar-refractivity contribution < 1.29 is 8.42 Å². The van der Waals surface area contributed by atoms with E-state index >= 15 is 0 Å². The summed E-state index contributed by atoms with van der Waals surface area (Å²) in [5.41, 5.74) is 8.94. The molecular weight excluding hydrogens is 370 g/mol. The van der Waals surface area contributed by atoms with Crippen molar-refractivity contribution in [1.82, 2.24) is 0 Å². The molecule has 0 aromatic heterocycles. The second kappa shape index (κ2) is 8.18. The van der Waals surface area contributed by atoms with Crippen molar-refractivity contribution in [1.29, 1.82) is 5.53 Å². The van der Waals surface area contributed by atoms with Crippen LogP contribution in [0.15, 0.2) is 52.5 Å². The summed E-state index contributed by atoms with van der Waals surface area (Å²) in [6.07, 6.45) is 4.61. The molecule has 7 heteroatoms. The van der Waals surface area contributed by atoms with E-state index in [0.29, 0.717) is 10.6 Å². The molecule has 0 unspecified atom stereocenters. The van der Waals surface area contributed by atoms with E-state index in [2.05, 4.69) is 10.0 Å². The molecule has 0 aliphatic carbocycles. The third kappa shape index (κ3) is 4.24. The largest absolute Gasteiger partial charge is 0.372 e. The molecule has 1 N–H and O–H groups in total. The van der Waals surface area contributed by atoms with Gasteiger partial charge in [0.05, 0.1) is 10.6 Å². The highest BCUT2D eigenvalue weighted by molar-refractivity contribution is 7.90. The lowest BCUT2D eigenvalue weighted by Gasteiger charge is -2.23. The Kier molecular flexibility index (Phi) is 5.94. The highest BCUT2D eigenvalue weighted by Gasteiger charge is 2.23. The average molecular weight is 392 g/mol. The molecule has 1 aliphatic heterocycles. The molecule has 2 aromatic carbocycles. The first kappa shape index (κ1) is 18.9. The quantitative estimate of drug-likeness (QED) is 0.697. The standard InChI is InChI=1S/C19H22ClN3O2S/c20-17-8-4-3-7-15(17)14-26(24,25)19-13-16(9-10-18(19)22-21)23-11-5-1-2-6-12-23/h3-4,7-10,13,21H,1-2,5-6,11-12,14H2. The lowest BCUT2D eigenvalue weighted by Crippen LogP contribution is -2.24. The topological polar surface area (TPSA) is 73.6 Å². The van der Waals surface area contributed by atoms with Crippen LogP contribution < -0.4 is 4.90 Å². The fourth-order valence-corrected chi connectivity index (χ4v) is 5.10. The summed E-state index contributed by atoms with van der Waals surface area (Å²) in [6, 6.07) is 12.0. The SMILES string of the molecule is N=Nc1ccc(N2CCCCCC2)cc1S(=O)(=O)Cc1ccccc1Cl. The van der Waals surface area contributed by atoms with Gasteiger partial charge in [0, 0.05) is 23.8 Å². The van der Waals surface area contributed by atoms with Gasteiger partial charge in [0.1, 0.15) is 5.69 Å². The van der Waals surface area contributed by atoms with Gasteiger partial charge in [-0.25, -0.2) is 13.9 Å². The number of rotatable bonds is 5. The minimum atomic E-state index is -3.67. The zero-order valence-electron chi connectivity index (χ0n) is 14.5. The van der Waals surface area contributed by atoms with Crippen molar-refractivity contribution in [3.63, 3.8) is 0 Å². The van der Waals surface area contributed by atoms with Gasteiger partial charge in [0.15, 0.2) is 9.84 Å². The van der Waals surface area contributed by atoms with Gasteiger partial charge in [-0.3, -0.25) is 0 Å². The Morgan fingerprint density at radius 1 is 1.04 bits per heavy atom. The monoisotopic (exact) mass is 391 g/mol. The first-order valence-electron chi connectivity index (χ1n) is 8.74. The van der Waals surface area contributed by atoms with Crippen molar-refractivity contribution in [2.45, 2.75) is 36.3 Å². The van der Waals surface area contributed by atoms with Crippen LogP contribution in [0.5, 0.6) is 0 Å². The highest BCUT2D eigenvalue weighted by Crippen LogP contribution is 2.33. The van der Waals surface area contributed by atoms with Crippen LogP contribution in [0.25, 0.3) is 0 Å². The number of hydrogen-bond acceptors (Lipinski definition) is 5. The Balaban J connectivity index is 1.97. The van der Waals surface area contributed by atoms with Crippen LogP contribution in [0, 0.1) is 5.53 Å². The van der Waals surface area contributed by atoms with E-state index in [-0.39, 0.29) is 16.3 Å². The molecule has 2 aromatic rings. The predicted octanol–water partition coefficient (Wildman–Crippen LogP) is 5.36. The van der Waals surface area contributed by atoms with Gasteiger partial charge in [-0.2, -0.15) is 5.11 Å². The van der Waals surface area contributed by atoms with Crippen LogP contribution in [0.3, 0.4) is 0 Å². The van der Waals surface area contributed by atoms with Crippen LogP contribution in [-0.4, -0.2) is 21.5 Å². The van der Waals surface area contributed by atoms with Crippen molar-refractivity contribution in [3.8, 4) is 0 Å². The summed E-state index contributed by atoms with van der Waals surface area (Å²) < 4.78 is 26.0. The van der Waals surface area contributed by atoms with E-state index < -0.39 is 9.84 Å². The molecule has 26 heavy (non-hydrogen) atoms. The lowest BCUT2D eigenvalue weighted by atomic mass is 10.2. The molecule has 3 rings (SSSR count). The molecule has 0 amide bonds. The summed E-state index contributed by atoms with van der Waals surface area (Å²) in [6.45, 7) is 1.84. The van der Waals surface area contributed by atoms with Gasteiger partial charge >= 0.3 is 0 Å². The Morgan fingerprint density at radius 3 is 2.38 bits per heavy atom. The van der Waals surface area contributed by atoms with Gasteiger partial charge in [0.25, 0.3) is 0 Å². The second-order valence-corrected chi connectivity index (χ2v) is 8.88. The maximum absolute atomic E-state index is 13.0. The van der Waals surface area contributed by atoms with E-state index in [9.17, 15) is 8.42 Å². The Labute approximate surface area is 159 Å². The molecule has 138 valence electrons. The van der Waals surface area contributed by atoms with Gasteiger partial charge in [-0.15, -0.1) is 0 Å². The van der Waals surface area contributed by atoms with Crippen LogP contribution in [0.4, 0.5) is 11.4 Å². The third-order valence-corrected chi connectivity index (χ3v) is 6.73. The predicted molar refractivity (Wildman–Crippen MR) is 104 cm³/mol. The molecule has 0 radical (unpaired) electrons. The fraction of sp³-hybridized carbons (Fsp3) is 0.368. The van der Waals surface area contributed by atoms with E-state index in [1.54, 1.807) is 36.4 Å². The minimum Gasteiger partial charge on any atom is -0.372 e. The molecule has 0 bridgehead atoms. The normalized spacial score (nSPS) is 15.5. The zero-order chi connectivity index (χ0) is 18.6. The number of hydrogen-bond donors (Lipinski definition) is 1. The summed E-state index contributed by atoms with van der Waals surface area (Å²) in [5, 5.41) is 3.85. The molecular formula is C19H22ClN3O2S. The zero-order valence-corrected chi connectivity index (χ0v) is 16.1. The van der Waals surface area contributed by atoms with Gasteiger partial charge in [-0.05, 0) is 42.7 Å². The fourth-order valence-electron chi connectivity index (χ4n) is 3.27. The Morgan fingerprint density at radius 2 is 1.73 bits per heavy atom. The second-order valence-electron chi connectivity index (χ2n) is 6.52. The number of sulfone groups is 1. The number of anilines is 1. The average Bonchev–Trinajstić information content (AvgIpc) is 2.92. The summed E-state index contributed by atoms with van der Waals surface area (Å²) >= 11 is 6.13. The highest BCUT2D eigenvalue weighted by atomic mass is 35.5. The first-order chi connectivity index (χ1) is 12.5. The summed E-state index contributed by atoms with van der Waals surface area (Å²) in [5.74, 6) is -0.210. The van der Waals surface area contributed by atoms with Gasteiger partial charge < -0.3 is 4.90 Å². The molecule has 0 saturated carbocycles. The van der Waals surface area contributed by atoms with Gasteiger partial charge in [-0.1, -0.05) is 42.6 Å². The lowest BCUT2D eigenvalue weighted by molar-refractivity contribution is 0.595. The maximum Gasteiger partial charge on any atom is 0.184 e. The van der Waals surface area contributed by atoms with Crippen molar-refractivity contribution in [3.05, 3.63) is 53.1 Å². The third-order valence-electron chi connectivity index (χ3n) is 4.67. The van der Waals surface area contributed by atoms with Crippen molar-refractivity contribution in [2.24, 2.45) is 5.11 Å². The first-order valence-corrected chi connectivity index (χ1v) is 10.8. The van der Waals surface area contributed by atoms with E-state index in [1.807, 2.05) is 6.07 Å². The molecule has 0 atom stereocenters. The van der Waals surface area contributed by atoms with E-state index in [4.69, 9.17) is 17.1 Å². The molecule has 1 heterocycles. The number of halogens is 1. The summed E-state index contributed by atoms with van der Waals surface area (Å²) in [4.78, 5) is 2.31. The molecule has 1 saturated heterocycles. The number of benzene rings is 2. The molecule has 1 aliphatic rings. The van der Waals surface area contributed by atoms with Crippen molar-refractivity contribution >= 4 is 32.8 Å². The van der Waals surface area contributed by atoms with E-state index in [0.717, 1.165) is 31.6 Å². The van der Waals surface area contributed by atoms with E-state index in [1.165, 1.54) is 12.8 Å². The Bertz CT molecular complexity index is 891. The number of nitrogens with one attached hydrogen (secondary N) is 1. The maximum atomic E-state index is 13.0. The molecule has 0 spiro atoms. The minimum absolute atomic E-state index is 0.0918. The van der Waals surface area contributed by atoms with Crippen LogP contribution in [-0.2, 0) is 15.6 Å². The van der Waals surface area contributed by atoms with Gasteiger partial charge in [0.2, 0.25) is 0 Å². The van der Waals surface area contributed by atoms with Crippen molar-refractivity contribution in [2.75, 3.05) is 18.0 Å². The smallest absolute Gasteiger partial charge is 0.184 e. The molecule has 1 fully saturated rings. The van der Waals surface area contributed by atoms with Crippen LogP contribution >= 0.6 is 11.6 Å². The number of nitrogens with zero attached hydrogens (tertiary/aromatic N) is 2. The van der Waals surface area contributed by atoms with Crippen LogP contribution in [0.2, 0.25) is 5.02 Å².